The second kappa shape index (κ2) is 9.38. The maximum atomic E-state index is 12.4. The Labute approximate surface area is 160 Å². The molecule has 2 aromatic rings. The molecule has 27 heavy (non-hydrogen) atoms. The second-order valence-electron chi connectivity index (χ2n) is 5.60. The molecule has 0 aromatic heterocycles. The summed E-state index contributed by atoms with van der Waals surface area (Å²) < 4.78 is 36.9. The first-order chi connectivity index (χ1) is 12.9. The van der Waals surface area contributed by atoms with Crippen LogP contribution < -0.4 is 14.8 Å². The van der Waals surface area contributed by atoms with Crippen LogP contribution in [-0.2, 0) is 14.8 Å². The molecule has 0 unspecified atom stereocenters. The van der Waals surface area contributed by atoms with Crippen LogP contribution in [0.2, 0.25) is 0 Å². The van der Waals surface area contributed by atoms with Gasteiger partial charge in [-0.2, -0.15) is 4.31 Å². The van der Waals surface area contributed by atoms with Crippen molar-refractivity contribution in [1.29, 1.82) is 0 Å². The average Bonchev–Trinajstić information content (AvgIpc) is 2.68. The van der Waals surface area contributed by atoms with Gasteiger partial charge in [-0.15, -0.1) is 0 Å². The number of carbonyl (C=O) groups excluding carboxylic acids is 1. The van der Waals surface area contributed by atoms with E-state index in [4.69, 9.17) is 9.47 Å². The van der Waals surface area contributed by atoms with Crippen molar-refractivity contribution in [3.05, 3.63) is 48.5 Å². The van der Waals surface area contributed by atoms with Crippen LogP contribution in [0.15, 0.2) is 53.4 Å². The predicted octanol–water partition coefficient (Wildman–Crippen LogP) is 2.74. The van der Waals surface area contributed by atoms with E-state index >= 15 is 0 Å². The molecular formula is C19H24N2O5S. The molecule has 7 nitrogen and oxygen atoms in total. The third-order valence-corrected chi connectivity index (χ3v) is 5.98. The number of para-hydroxylation sites is 2. The maximum Gasteiger partial charge on any atom is 0.262 e. The fourth-order valence-electron chi connectivity index (χ4n) is 2.50. The number of benzene rings is 2. The molecule has 0 aliphatic heterocycles. The van der Waals surface area contributed by atoms with Gasteiger partial charge >= 0.3 is 0 Å². The Balaban J connectivity index is 1.98. The molecule has 0 bridgehead atoms. The molecule has 2 rings (SSSR count). The number of amides is 1. The summed E-state index contributed by atoms with van der Waals surface area (Å²) in [6, 6.07) is 13.1. The molecule has 0 aliphatic rings. The van der Waals surface area contributed by atoms with Gasteiger partial charge in [-0.3, -0.25) is 4.79 Å². The van der Waals surface area contributed by atoms with Gasteiger partial charge in [0.15, 0.2) is 6.61 Å². The van der Waals surface area contributed by atoms with Crippen molar-refractivity contribution in [3.63, 3.8) is 0 Å². The zero-order valence-electron chi connectivity index (χ0n) is 15.6. The fraction of sp³-hybridized carbons (Fsp3) is 0.316. The molecule has 0 saturated carbocycles. The number of ether oxygens (including phenoxy) is 2. The molecular weight excluding hydrogens is 368 g/mol. The smallest absolute Gasteiger partial charge is 0.262 e. The summed E-state index contributed by atoms with van der Waals surface area (Å²) in [4.78, 5) is 12.2. The topological polar surface area (TPSA) is 84.9 Å². The standard InChI is InChI=1S/C19H24N2O5S/c1-4-21(5-2)27(23,24)16-12-10-15(11-13-16)26-14-19(22)20-17-8-6-7-9-18(17)25-3/h6-13H,4-5,14H2,1-3H3,(H,20,22). The number of hydrogen-bond donors (Lipinski definition) is 1. The average molecular weight is 392 g/mol. The predicted molar refractivity (Wildman–Crippen MR) is 104 cm³/mol. The first-order valence-electron chi connectivity index (χ1n) is 8.58. The fourth-order valence-corrected chi connectivity index (χ4v) is 3.96. The lowest BCUT2D eigenvalue weighted by molar-refractivity contribution is -0.118. The molecule has 146 valence electrons. The first kappa shape index (κ1) is 20.7. The highest BCUT2D eigenvalue weighted by molar-refractivity contribution is 7.89. The summed E-state index contributed by atoms with van der Waals surface area (Å²) >= 11 is 0. The molecule has 0 aliphatic carbocycles. The van der Waals surface area contributed by atoms with Crippen LogP contribution in [0.3, 0.4) is 0 Å². The van der Waals surface area contributed by atoms with Gasteiger partial charge in [-0.1, -0.05) is 26.0 Å². The summed E-state index contributed by atoms with van der Waals surface area (Å²) in [6.45, 7) is 4.18. The van der Waals surface area contributed by atoms with Gasteiger partial charge in [0, 0.05) is 13.1 Å². The van der Waals surface area contributed by atoms with Gasteiger partial charge in [0.05, 0.1) is 17.7 Å². The largest absolute Gasteiger partial charge is 0.495 e. The summed E-state index contributed by atoms with van der Waals surface area (Å²) in [7, 11) is -1.99. The van der Waals surface area contributed by atoms with Crippen LogP contribution in [0.4, 0.5) is 5.69 Å². The van der Waals surface area contributed by atoms with E-state index in [-0.39, 0.29) is 17.4 Å². The van der Waals surface area contributed by atoms with E-state index in [0.29, 0.717) is 30.3 Å². The number of hydrogen-bond acceptors (Lipinski definition) is 5. The number of rotatable bonds is 9. The molecule has 1 amide bonds. The highest BCUT2D eigenvalue weighted by Gasteiger charge is 2.21. The van der Waals surface area contributed by atoms with Crippen molar-refractivity contribution in [2.45, 2.75) is 18.7 Å². The van der Waals surface area contributed by atoms with Crippen LogP contribution in [-0.4, -0.2) is 45.4 Å². The quantitative estimate of drug-likeness (QED) is 0.709. The van der Waals surface area contributed by atoms with Crippen molar-refractivity contribution in [3.8, 4) is 11.5 Å². The van der Waals surface area contributed by atoms with Crippen molar-refractivity contribution in [2.24, 2.45) is 0 Å². The minimum Gasteiger partial charge on any atom is -0.495 e. The lowest BCUT2D eigenvalue weighted by atomic mass is 10.3. The van der Waals surface area contributed by atoms with Crippen molar-refractivity contribution >= 4 is 21.6 Å². The van der Waals surface area contributed by atoms with Crippen LogP contribution in [0, 0.1) is 0 Å². The lowest BCUT2D eigenvalue weighted by Gasteiger charge is -2.18. The van der Waals surface area contributed by atoms with Crippen LogP contribution in [0.25, 0.3) is 0 Å². The molecule has 2 aromatic carbocycles. The number of carbonyl (C=O) groups is 1. The van der Waals surface area contributed by atoms with E-state index in [1.54, 1.807) is 38.1 Å². The van der Waals surface area contributed by atoms with E-state index in [2.05, 4.69) is 5.32 Å². The number of anilines is 1. The number of nitrogens with zero attached hydrogens (tertiary/aromatic N) is 1. The van der Waals surface area contributed by atoms with E-state index < -0.39 is 10.0 Å². The van der Waals surface area contributed by atoms with Crippen molar-refractivity contribution < 1.29 is 22.7 Å². The normalized spacial score (nSPS) is 11.3. The Morgan fingerprint density at radius 2 is 1.67 bits per heavy atom. The molecule has 0 spiro atoms. The Morgan fingerprint density at radius 1 is 1.04 bits per heavy atom. The maximum absolute atomic E-state index is 12.4. The highest BCUT2D eigenvalue weighted by Crippen LogP contribution is 2.23. The van der Waals surface area contributed by atoms with Gasteiger partial charge in [0.25, 0.3) is 5.91 Å². The molecule has 0 radical (unpaired) electrons. The Bertz CT molecular complexity index is 862. The van der Waals surface area contributed by atoms with Gasteiger partial charge in [0.2, 0.25) is 10.0 Å². The monoisotopic (exact) mass is 392 g/mol. The molecule has 0 fully saturated rings. The Morgan fingerprint density at radius 3 is 2.26 bits per heavy atom. The Kier molecular flexibility index (Phi) is 7.20. The van der Waals surface area contributed by atoms with Gasteiger partial charge in [-0.25, -0.2) is 8.42 Å². The first-order valence-corrected chi connectivity index (χ1v) is 10.0. The van der Waals surface area contributed by atoms with Crippen LogP contribution in [0.1, 0.15) is 13.8 Å². The van der Waals surface area contributed by atoms with E-state index in [9.17, 15) is 13.2 Å². The summed E-state index contributed by atoms with van der Waals surface area (Å²) in [5.41, 5.74) is 0.550. The molecule has 1 N–H and O–H groups in total. The minimum atomic E-state index is -3.51. The third-order valence-electron chi connectivity index (χ3n) is 3.92. The van der Waals surface area contributed by atoms with Crippen molar-refractivity contribution in [1.82, 2.24) is 4.31 Å². The van der Waals surface area contributed by atoms with Crippen LogP contribution >= 0.6 is 0 Å². The third kappa shape index (κ3) is 5.21. The summed E-state index contributed by atoms with van der Waals surface area (Å²) in [5, 5.41) is 2.71. The van der Waals surface area contributed by atoms with Crippen molar-refractivity contribution in [2.75, 3.05) is 32.1 Å². The van der Waals surface area contributed by atoms with Gasteiger partial charge in [0.1, 0.15) is 11.5 Å². The minimum absolute atomic E-state index is 0.192. The number of methoxy groups -OCH3 is 1. The van der Waals surface area contributed by atoms with Crippen LogP contribution in [0.5, 0.6) is 11.5 Å². The molecule has 0 atom stereocenters. The summed E-state index contributed by atoms with van der Waals surface area (Å²) in [5.74, 6) is 0.611. The summed E-state index contributed by atoms with van der Waals surface area (Å²) in [6.07, 6.45) is 0. The zero-order valence-corrected chi connectivity index (χ0v) is 16.5. The number of nitrogens with one attached hydrogen (secondary N) is 1. The van der Waals surface area contributed by atoms with Gasteiger partial charge < -0.3 is 14.8 Å². The van der Waals surface area contributed by atoms with E-state index in [0.717, 1.165) is 0 Å². The van der Waals surface area contributed by atoms with E-state index in [1.807, 2.05) is 0 Å². The SMILES string of the molecule is CCN(CC)S(=O)(=O)c1ccc(OCC(=O)Nc2ccccc2OC)cc1. The zero-order chi connectivity index (χ0) is 19.9. The number of sulfonamides is 1. The molecule has 0 heterocycles. The second-order valence-corrected chi connectivity index (χ2v) is 7.54. The highest BCUT2D eigenvalue weighted by atomic mass is 32.2. The molecule has 8 heteroatoms. The Hall–Kier alpha value is -2.58. The molecule has 0 saturated heterocycles. The van der Waals surface area contributed by atoms with E-state index in [1.165, 1.54) is 35.7 Å². The lowest BCUT2D eigenvalue weighted by Crippen LogP contribution is -2.30. The van der Waals surface area contributed by atoms with Gasteiger partial charge in [-0.05, 0) is 36.4 Å².